The Kier molecular flexibility index (Phi) is 7.20. The first-order valence-corrected chi connectivity index (χ1v) is 6.54. The molecule has 0 saturated carbocycles. The summed E-state index contributed by atoms with van der Waals surface area (Å²) in [7, 11) is 0. The molecule has 0 amide bonds. The molecule has 0 aliphatic rings. The van der Waals surface area contributed by atoms with Crippen LogP contribution in [0.1, 0.15) is 17.5 Å². The third-order valence-corrected chi connectivity index (χ3v) is 2.72. The lowest BCUT2D eigenvalue weighted by molar-refractivity contribution is -0.173. The molecule has 1 aromatic rings. The lowest BCUT2D eigenvalue weighted by Crippen LogP contribution is -2.20. The van der Waals surface area contributed by atoms with E-state index in [1.807, 2.05) is 24.3 Å². The number of ether oxygens (including phenoxy) is 1. The first-order valence-electron chi connectivity index (χ1n) is 6.00. The molecule has 0 aliphatic carbocycles. The highest BCUT2D eigenvalue weighted by atomic mass is 35.5. The molecule has 2 nitrogen and oxygen atoms in total. The Morgan fingerprint density at radius 1 is 1.11 bits per heavy atom. The van der Waals surface area contributed by atoms with Crippen LogP contribution < -0.4 is 5.32 Å². The second kappa shape index (κ2) is 8.40. The molecule has 0 saturated heterocycles. The standard InChI is InChI=1S/C13H17ClF3NO/c14-8-11-2-4-12(5-3-11)9-18-6-1-7-19-10-13(15,16)17/h2-5,18H,1,6-10H2. The van der Waals surface area contributed by atoms with E-state index in [-0.39, 0.29) is 6.61 Å². The predicted octanol–water partition coefficient (Wildman–Crippen LogP) is 3.48. The minimum absolute atomic E-state index is 0.109. The van der Waals surface area contributed by atoms with Gasteiger partial charge in [0, 0.05) is 19.0 Å². The summed E-state index contributed by atoms with van der Waals surface area (Å²) >= 11 is 5.68. The van der Waals surface area contributed by atoms with Gasteiger partial charge in [0.05, 0.1) is 0 Å². The zero-order chi connectivity index (χ0) is 14.1. The Morgan fingerprint density at radius 3 is 2.32 bits per heavy atom. The number of halogens is 4. The number of hydrogen-bond acceptors (Lipinski definition) is 2. The van der Waals surface area contributed by atoms with Crippen molar-refractivity contribution in [3.63, 3.8) is 0 Å². The zero-order valence-electron chi connectivity index (χ0n) is 10.5. The third kappa shape index (κ3) is 8.08. The van der Waals surface area contributed by atoms with Crippen LogP contribution in [0.3, 0.4) is 0 Å². The highest BCUT2D eigenvalue weighted by Gasteiger charge is 2.27. The van der Waals surface area contributed by atoms with Crippen molar-refractivity contribution in [2.24, 2.45) is 0 Å². The molecule has 0 heterocycles. The van der Waals surface area contributed by atoms with Crippen LogP contribution in [0.5, 0.6) is 0 Å². The van der Waals surface area contributed by atoms with Gasteiger partial charge >= 0.3 is 6.18 Å². The Morgan fingerprint density at radius 2 is 1.74 bits per heavy atom. The van der Waals surface area contributed by atoms with E-state index in [4.69, 9.17) is 11.6 Å². The summed E-state index contributed by atoms with van der Waals surface area (Å²) in [4.78, 5) is 0. The highest BCUT2D eigenvalue weighted by Crippen LogP contribution is 2.14. The average Bonchev–Trinajstić information content (AvgIpc) is 2.37. The summed E-state index contributed by atoms with van der Waals surface area (Å²) in [6, 6.07) is 7.86. The first-order chi connectivity index (χ1) is 9.01. The largest absolute Gasteiger partial charge is 0.411 e. The molecule has 1 rings (SSSR count). The monoisotopic (exact) mass is 295 g/mol. The van der Waals surface area contributed by atoms with Gasteiger partial charge in [-0.2, -0.15) is 13.2 Å². The van der Waals surface area contributed by atoms with Gasteiger partial charge in [-0.05, 0) is 24.1 Å². The molecule has 0 aliphatic heterocycles. The van der Waals surface area contributed by atoms with Gasteiger partial charge in [-0.15, -0.1) is 11.6 Å². The fourth-order valence-electron chi connectivity index (χ4n) is 1.47. The van der Waals surface area contributed by atoms with Gasteiger partial charge in [0.2, 0.25) is 0 Å². The molecule has 1 N–H and O–H groups in total. The topological polar surface area (TPSA) is 21.3 Å². The predicted molar refractivity (Wildman–Crippen MR) is 69.2 cm³/mol. The van der Waals surface area contributed by atoms with E-state index in [1.165, 1.54) is 0 Å². The van der Waals surface area contributed by atoms with E-state index >= 15 is 0 Å². The maximum Gasteiger partial charge on any atom is 0.411 e. The van der Waals surface area contributed by atoms with E-state index in [1.54, 1.807) is 0 Å². The van der Waals surface area contributed by atoms with Gasteiger partial charge < -0.3 is 10.1 Å². The quantitative estimate of drug-likeness (QED) is 0.585. The maximum atomic E-state index is 11.8. The summed E-state index contributed by atoms with van der Waals surface area (Å²) < 4.78 is 39.8. The van der Waals surface area contributed by atoms with Gasteiger partial charge in [-0.3, -0.25) is 0 Å². The van der Waals surface area contributed by atoms with Gasteiger partial charge in [0.1, 0.15) is 6.61 Å². The average molecular weight is 296 g/mol. The summed E-state index contributed by atoms with van der Waals surface area (Å²) in [5.41, 5.74) is 2.18. The van der Waals surface area contributed by atoms with Gasteiger partial charge in [-0.25, -0.2) is 0 Å². The Bertz CT molecular complexity index is 354. The highest BCUT2D eigenvalue weighted by molar-refractivity contribution is 6.17. The third-order valence-electron chi connectivity index (χ3n) is 2.41. The molecule has 0 bridgehead atoms. The lowest BCUT2D eigenvalue weighted by Gasteiger charge is -2.08. The number of benzene rings is 1. The second-order valence-corrected chi connectivity index (χ2v) is 4.42. The first kappa shape index (κ1) is 16.3. The van der Waals surface area contributed by atoms with Crippen LogP contribution in [-0.2, 0) is 17.2 Å². The molecule has 0 fully saturated rings. The van der Waals surface area contributed by atoms with Gasteiger partial charge in [0.15, 0.2) is 0 Å². The van der Waals surface area contributed by atoms with Crippen molar-refractivity contribution in [1.82, 2.24) is 5.32 Å². The molecule has 108 valence electrons. The molecule has 6 heteroatoms. The van der Waals surface area contributed by atoms with Crippen LogP contribution in [0.25, 0.3) is 0 Å². The van der Waals surface area contributed by atoms with E-state index in [0.717, 1.165) is 11.1 Å². The molecule has 0 atom stereocenters. The van der Waals surface area contributed by atoms with Crippen molar-refractivity contribution >= 4 is 11.6 Å². The normalized spacial score (nSPS) is 11.8. The maximum absolute atomic E-state index is 11.8. The number of alkyl halides is 4. The van der Waals surface area contributed by atoms with Crippen LogP contribution in [0.4, 0.5) is 13.2 Å². The van der Waals surface area contributed by atoms with Crippen LogP contribution in [0, 0.1) is 0 Å². The van der Waals surface area contributed by atoms with Crippen molar-refractivity contribution < 1.29 is 17.9 Å². The summed E-state index contributed by atoms with van der Waals surface area (Å²) in [5.74, 6) is 0.490. The summed E-state index contributed by atoms with van der Waals surface area (Å²) in [6.45, 7) is 0.238. The van der Waals surface area contributed by atoms with E-state index in [9.17, 15) is 13.2 Å². The second-order valence-electron chi connectivity index (χ2n) is 4.15. The number of rotatable bonds is 8. The van der Waals surface area contributed by atoms with Crippen LogP contribution in [0.2, 0.25) is 0 Å². The fraction of sp³-hybridized carbons (Fsp3) is 0.538. The lowest BCUT2D eigenvalue weighted by atomic mass is 10.1. The van der Waals surface area contributed by atoms with Crippen molar-refractivity contribution in [3.05, 3.63) is 35.4 Å². The van der Waals surface area contributed by atoms with Crippen molar-refractivity contribution in [1.29, 1.82) is 0 Å². The zero-order valence-corrected chi connectivity index (χ0v) is 11.2. The van der Waals surface area contributed by atoms with E-state index in [0.29, 0.717) is 25.4 Å². The molecular formula is C13H17ClF3NO. The molecule has 0 unspecified atom stereocenters. The van der Waals surface area contributed by atoms with E-state index < -0.39 is 12.8 Å². The van der Waals surface area contributed by atoms with Crippen LogP contribution >= 0.6 is 11.6 Å². The molecule has 0 radical (unpaired) electrons. The smallest absolute Gasteiger partial charge is 0.372 e. The minimum Gasteiger partial charge on any atom is -0.372 e. The van der Waals surface area contributed by atoms with Crippen molar-refractivity contribution in [3.8, 4) is 0 Å². The molecular weight excluding hydrogens is 279 g/mol. The van der Waals surface area contributed by atoms with E-state index in [2.05, 4.69) is 10.1 Å². The summed E-state index contributed by atoms with van der Waals surface area (Å²) in [5, 5.41) is 3.14. The Balaban J connectivity index is 2.04. The van der Waals surface area contributed by atoms with Crippen LogP contribution in [0.15, 0.2) is 24.3 Å². The van der Waals surface area contributed by atoms with Gasteiger partial charge in [-0.1, -0.05) is 24.3 Å². The Labute approximate surface area is 115 Å². The number of nitrogens with one attached hydrogen (secondary N) is 1. The SMILES string of the molecule is FC(F)(F)COCCCNCc1ccc(CCl)cc1. The molecule has 0 spiro atoms. The fourth-order valence-corrected chi connectivity index (χ4v) is 1.64. The summed E-state index contributed by atoms with van der Waals surface area (Å²) in [6.07, 6.45) is -3.69. The minimum atomic E-state index is -4.24. The van der Waals surface area contributed by atoms with Crippen molar-refractivity contribution in [2.75, 3.05) is 19.8 Å². The van der Waals surface area contributed by atoms with Crippen molar-refractivity contribution in [2.45, 2.75) is 25.0 Å². The molecule has 0 aromatic heterocycles. The Hall–Kier alpha value is -0.780. The number of hydrogen-bond donors (Lipinski definition) is 1. The molecule has 19 heavy (non-hydrogen) atoms. The molecule has 1 aromatic carbocycles. The van der Waals surface area contributed by atoms with Crippen LogP contribution in [-0.4, -0.2) is 25.9 Å². The van der Waals surface area contributed by atoms with Gasteiger partial charge in [0.25, 0.3) is 0 Å².